The molecule has 0 bridgehead atoms. The summed E-state index contributed by atoms with van der Waals surface area (Å²) in [6, 6.07) is 2.89. The van der Waals surface area contributed by atoms with Crippen LogP contribution in [-0.4, -0.2) is 11.9 Å². The van der Waals surface area contributed by atoms with Crippen LogP contribution in [0, 0.1) is 17.1 Å². The molecule has 1 rings (SSSR count). The number of guanidine groups is 2. The molecule has 6 N–H and O–H groups in total. The van der Waals surface area contributed by atoms with Crippen molar-refractivity contribution in [3.63, 3.8) is 0 Å². The van der Waals surface area contributed by atoms with Crippen LogP contribution >= 0.6 is 27.5 Å². The summed E-state index contributed by atoms with van der Waals surface area (Å²) in [5.41, 5.74) is 15.2. The van der Waals surface area contributed by atoms with Crippen molar-refractivity contribution in [2.24, 2.45) is 27.2 Å². The zero-order valence-corrected chi connectivity index (χ0v) is 11.1. The first-order chi connectivity index (χ1) is 8.36. The second kappa shape index (κ2) is 5.66. The zero-order chi connectivity index (χ0) is 13.9. The molecular formula is C9H7BrClFN6. The summed E-state index contributed by atoms with van der Waals surface area (Å²) in [6.07, 6.45) is 0. The molecule has 0 heterocycles. The van der Waals surface area contributed by atoms with Gasteiger partial charge in [-0.1, -0.05) is 11.6 Å². The summed E-state index contributed by atoms with van der Waals surface area (Å²) in [5, 5.41) is 8.67. The topological polar surface area (TPSA) is 127 Å². The van der Waals surface area contributed by atoms with Gasteiger partial charge >= 0.3 is 0 Å². The smallest absolute Gasteiger partial charge is 0.223 e. The molecule has 0 radical (unpaired) electrons. The van der Waals surface area contributed by atoms with Gasteiger partial charge in [-0.2, -0.15) is 10.3 Å². The summed E-state index contributed by atoms with van der Waals surface area (Å²) in [4.78, 5) is 7.21. The predicted molar refractivity (Wildman–Crippen MR) is 70.9 cm³/mol. The molecule has 0 saturated carbocycles. The number of halogens is 3. The second-order valence-electron chi connectivity index (χ2n) is 3.00. The van der Waals surface area contributed by atoms with Crippen LogP contribution in [0.2, 0.25) is 5.02 Å². The monoisotopic (exact) mass is 332 g/mol. The van der Waals surface area contributed by atoms with Crippen molar-refractivity contribution in [2.75, 3.05) is 0 Å². The van der Waals surface area contributed by atoms with E-state index < -0.39 is 5.82 Å². The van der Waals surface area contributed by atoms with Gasteiger partial charge in [-0.25, -0.2) is 9.38 Å². The molecule has 0 saturated heterocycles. The first kappa shape index (κ1) is 14.2. The van der Waals surface area contributed by atoms with Gasteiger partial charge in [0.1, 0.15) is 17.3 Å². The lowest BCUT2D eigenvalue weighted by atomic mass is 10.2. The number of benzene rings is 1. The summed E-state index contributed by atoms with van der Waals surface area (Å²) >= 11 is 8.68. The lowest BCUT2D eigenvalue weighted by Crippen LogP contribution is -2.26. The Balaban J connectivity index is 3.48. The standard InChI is InChI=1S/C9H7BrClFN6/c10-4-1-5(11)6(12)3(2-13)7(4)17-9(16)18-8(14)15/h1H,(H6,14,15,16,17,18). The van der Waals surface area contributed by atoms with Crippen molar-refractivity contribution in [3.05, 3.63) is 26.9 Å². The minimum Gasteiger partial charge on any atom is -0.370 e. The fourth-order valence-electron chi connectivity index (χ4n) is 1.07. The SMILES string of the molecule is N#Cc1c(F)c(Cl)cc(Br)c1N=C(N)N=C(N)N. The lowest BCUT2D eigenvalue weighted by Gasteiger charge is -2.05. The Labute approximate surface area is 115 Å². The van der Waals surface area contributed by atoms with Crippen LogP contribution in [0.3, 0.4) is 0 Å². The molecule has 18 heavy (non-hydrogen) atoms. The Hall–Kier alpha value is -1.85. The fraction of sp³-hybridized carbons (Fsp3) is 0. The third-order valence-corrected chi connectivity index (χ3v) is 2.61. The van der Waals surface area contributed by atoms with E-state index in [1.165, 1.54) is 6.07 Å². The third-order valence-electron chi connectivity index (χ3n) is 1.73. The van der Waals surface area contributed by atoms with Crippen molar-refractivity contribution in [3.8, 4) is 6.07 Å². The molecule has 0 atom stereocenters. The average molecular weight is 334 g/mol. The van der Waals surface area contributed by atoms with Crippen LogP contribution in [0.1, 0.15) is 5.56 Å². The largest absolute Gasteiger partial charge is 0.370 e. The quantitative estimate of drug-likeness (QED) is 0.407. The Bertz CT molecular complexity index is 588. The molecule has 6 nitrogen and oxygen atoms in total. The van der Waals surface area contributed by atoms with Crippen molar-refractivity contribution >= 4 is 45.1 Å². The number of nitriles is 1. The minimum atomic E-state index is -0.890. The van der Waals surface area contributed by atoms with E-state index in [2.05, 4.69) is 25.9 Å². The number of nitrogens with zero attached hydrogens (tertiary/aromatic N) is 3. The van der Waals surface area contributed by atoms with Crippen molar-refractivity contribution < 1.29 is 4.39 Å². The number of hydrogen-bond donors (Lipinski definition) is 3. The molecular weight excluding hydrogens is 326 g/mol. The highest BCUT2D eigenvalue weighted by Crippen LogP contribution is 2.35. The normalized spacial score (nSPS) is 10.9. The van der Waals surface area contributed by atoms with Gasteiger partial charge in [-0.05, 0) is 22.0 Å². The Kier molecular flexibility index (Phi) is 4.47. The molecule has 0 unspecified atom stereocenters. The van der Waals surface area contributed by atoms with Crippen LogP contribution < -0.4 is 17.2 Å². The van der Waals surface area contributed by atoms with E-state index in [1.54, 1.807) is 6.07 Å². The first-order valence-corrected chi connectivity index (χ1v) is 5.55. The van der Waals surface area contributed by atoms with Crippen molar-refractivity contribution in [2.45, 2.75) is 0 Å². The molecule has 0 aromatic heterocycles. The zero-order valence-electron chi connectivity index (χ0n) is 8.78. The third kappa shape index (κ3) is 3.09. The van der Waals surface area contributed by atoms with E-state index in [0.717, 1.165) is 0 Å². The highest BCUT2D eigenvalue weighted by atomic mass is 79.9. The highest BCUT2D eigenvalue weighted by Gasteiger charge is 2.16. The van der Waals surface area contributed by atoms with Crippen LogP contribution in [0.4, 0.5) is 10.1 Å². The van der Waals surface area contributed by atoms with E-state index >= 15 is 0 Å². The van der Waals surface area contributed by atoms with E-state index in [9.17, 15) is 4.39 Å². The van der Waals surface area contributed by atoms with E-state index in [0.29, 0.717) is 4.47 Å². The number of aliphatic imine (C=N–C) groups is 2. The van der Waals surface area contributed by atoms with Crippen LogP contribution in [-0.2, 0) is 0 Å². The fourth-order valence-corrected chi connectivity index (χ4v) is 1.92. The Morgan fingerprint density at radius 2 is 2.06 bits per heavy atom. The summed E-state index contributed by atoms with van der Waals surface area (Å²) in [5.74, 6) is -1.51. The van der Waals surface area contributed by atoms with Crippen LogP contribution in [0.15, 0.2) is 20.5 Å². The Morgan fingerprint density at radius 1 is 1.44 bits per heavy atom. The van der Waals surface area contributed by atoms with E-state index in [4.69, 9.17) is 34.1 Å². The molecule has 0 fully saturated rings. The summed E-state index contributed by atoms with van der Waals surface area (Å²) in [6.45, 7) is 0. The van der Waals surface area contributed by atoms with Crippen LogP contribution in [0.25, 0.3) is 0 Å². The van der Waals surface area contributed by atoms with Crippen LogP contribution in [0.5, 0.6) is 0 Å². The molecule has 9 heteroatoms. The molecule has 1 aromatic rings. The molecule has 0 aliphatic rings. The summed E-state index contributed by atoms with van der Waals surface area (Å²) < 4.78 is 13.9. The Morgan fingerprint density at radius 3 is 2.56 bits per heavy atom. The maximum absolute atomic E-state index is 13.6. The molecule has 94 valence electrons. The summed E-state index contributed by atoms with van der Waals surface area (Å²) in [7, 11) is 0. The number of nitrogens with two attached hydrogens (primary N) is 3. The molecule has 1 aromatic carbocycles. The number of hydrogen-bond acceptors (Lipinski definition) is 2. The molecule has 0 aliphatic carbocycles. The maximum atomic E-state index is 13.6. The van der Waals surface area contributed by atoms with Gasteiger partial charge in [0.15, 0.2) is 11.8 Å². The van der Waals surface area contributed by atoms with Gasteiger partial charge < -0.3 is 17.2 Å². The average Bonchev–Trinajstić information content (AvgIpc) is 2.25. The van der Waals surface area contributed by atoms with Gasteiger partial charge in [0, 0.05) is 4.47 Å². The second-order valence-corrected chi connectivity index (χ2v) is 4.26. The van der Waals surface area contributed by atoms with Crippen molar-refractivity contribution in [1.82, 2.24) is 0 Å². The van der Waals surface area contributed by atoms with Gasteiger partial charge in [0.2, 0.25) is 5.96 Å². The number of rotatable bonds is 1. The maximum Gasteiger partial charge on any atom is 0.223 e. The predicted octanol–water partition coefficient (Wildman–Crippen LogP) is 1.33. The molecule has 0 amide bonds. The first-order valence-electron chi connectivity index (χ1n) is 4.38. The minimum absolute atomic E-state index is 0.0399. The van der Waals surface area contributed by atoms with E-state index in [1.807, 2.05) is 0 Å². The van der Waals surface area contributed by atoms with Crippen molar-refractivity contribution in [1.29, 1.82) is 5.26 Å². The molecule has 0 spiro atoms. The van der Waals surface area contributed by atoms with Gasteiger partial charge in [0.05, 0.1) is 5.02 Å². The highest BCUT2D eigenvalue weighted by molar-refractivity contribution is 9.10. The van der Waals surface area contributed by atoms with Gasteiger partial charge in [0.25, 0.3) is 0 Å². The van der Waals surface area contributed by atoms with Gasteiger partial charge in [-0.3, -0.25) is 0 Å². The molecule has 0 aliphatic heterocycles. The lowest BCUT2D eigenvalue weighted by molar-refractivity contribution is 0.624. The van der Waals surface area contributed by atoms with E-state index in [-0.39, 0.29) is 28.2 Å². The van der Waals surface area contributed by atoms with Gasteiger partial charge in [-0.15, -0.1) is 0 Å².